The molecular weight excluding hydrogens is 224 g/mol. The molecule has 2 rings (SSSR count). The van der Waals surface area contributed by atoms with Crippen LogP contribution in [0.1, 0.15) is 11.1 Å². The average molecular weight is 242 g/mol. The van der Waals surface area contributed by atoms with Crippen LogP contribution in [0.15, 0.2) is 36.7 Å². The molecule has 0 bridgehead atoms. The van der Waals surface area contributed by atoms with Gasteiger partial charge in [0.2, 0.25) is 0 Å². The van der Waals surface area contributed by atoms with E-state index in [9.17, 15) is 0 Å². The maximum Gasteiger partial charge on any atom is 0.137 e. The first-order valence-electron chi connectivity index (χ1n) is 5.98. The minimum Gasteiger partial charge on any atom is -0.495 e. The van der Waals surface area contributed by atoms with Crippen molar-refractivity contribution in [3.63, 3.8) is 0 Å². The Morgan fingerprint density at radius 1 is 1.22 bits per heavy atom. The fourth-order valence-corrected chi connectivity index (χ4v) is 1.97. The normalized spacial score (nSPS) is 10.4. The molecule has 0 saturated carbocycles. The number of rotatable bonds is 4. The van der Waals surface area contributed by atoms with E-state index in [0.29, 0.717) is 0 Å². The lowest BCUT2D eigenvalue weighted by Gasteiger charge is -2.10. The van der Waals surface area contributed by atoms with Gasteiger partial charge in [0.25, 0.3) is 0 Å². The molecule has 0 fully saturated rings. The Labute approximate surface area is 108 Å². The fourth-order valence-electron chi connectivity index (χ4n) is 1.97. The monoisotopic (exact) mass is 242 g/mol. The SMILES string of the molecule is CNCc1ccc(C)c(-c2cncc(OC)c2)c1. The number of nitrogens with zero attached hydrogens (tertiary/aromatic N) is 1. The number of methoxy groups -OCH3 is 1. The molecule has 3 nitrogen and oxygen atoms in total. The summed E-state index contributed by atoms with van der Waals surface area (Å²) in [6, 6.07) is 8.49. The van der Waals surface area contributed by atoms with Crippen LogP contribution >= 0.6 is 0 Å². The van der Waals surface area contributed by atoms with Gasteiger partial charge in [0.05, 0.1) is 13.3 Å². The van der Waals surface area contributed by atoms with Gasteiger partial charge in [0.15, 0.2) is 0 Å². The summed E-state index contributed by atoms with van der Waals surface area (Å²) in [4.78, 5) is 4.21. The zero-order valence-electron chi connectivity index (χ0n) is 11.0. The van der Waals surface area contributed by atoms with Crippen molar-refractivity contribution in [2.75, 3.05) is 14.2 Å². The van der Waals surface area contributed by atoms with E-state index >= 15 is 0 Å². The number of hydrogen-bond donors (Lipinski definition) is 1. The van der Waals surface area contributed by atoms with Crippen molar-refractivity contribution in [3.05, 3.63) is 47.8 Å². The van der Waals surface area contributed by atoms with Crippen molar-refractivity contribution in [2.24, 2.45) is 0 Å². The lowest BCUT2D eigenvalue weighted by atomic mass is 9.99. The van der Waals surface area contributed by atoms with Crippen molar-refractivity contribution in [1.29, 1.82) is 0 Å². The Morgan fingerprint density at radius 2 is 2.06 bits per heavy atom. The van der Waals surface area contributed by atoms with E-state index < -0.39 is 0 Å². The summed E-state index contributed by atoms with van der Waals surface area (Å²) < 4.78 is 5.22. The fraction of sp³-hybridized carbons (Fsp3) is 0.267. The third kappa shape index (κ3) is 2.68. The predicted molar refractivity (Wildman–Crippen MR) is 73.7 cm³/mol. The molecule has 0 saturated heterocycles. The number of aromatic nitrogens is 1. The Hall–Kier alpha value is -1.87. The van der Waals surface area contributed by atoms with Gasteiger partial charge in [-0.1, -0.05) is 12.1 Å². The summed E-state index contributed by atoms with van der Waals surface area (Å²) in [6.07, 6.45) is 3.59. The van der Waals surface area contributed by atoms with E-state index in [-0.39, 0.29) is 0 Å². The first-order chi connectivity index (χ1) is 8.74. The molecule has 0 unspecified atom stereocenters. The van der Waals surface area contributed by atoms with E-state index in [2.05, 4.69) is 35.4 Å². The summed E-state index contributed by atoms with van der Waals surface area (Å²) in [5.74, 6) is 0.783. The Morgan fingerprint density at radius 3 is 2.78 bits per heavy atom. The highest BCUT2D eigenvalue weighted by atomic mass is 16.5. The zero-order chi connectivity index (χ0) is 13.0. The van der Waals surface area contributed by atoms with Gasteiger partial charge in [-0.05, 0) is 42.8 Å². The first kappa shape index (κ1) is 12.6. The van der Waals surface area contributed by atoms with E-state index in [1.54, 1.807) is 13.3 Å². The summed E-state index contributed by atoms with van der Waals surface area (Å²) in [5.41, 5.74) is 4.80. The number of pyridine rings is 1. The van der Waals surface area contributed by atoms with Gasteiger partial charge in [-0.25, -0.2) is 0 Å². The molecule has 1 heterocycles. The molecule has 1 aromatic heterocycles. The molecule has 18 heavy (non-hydrogen) atoms. The second-order valence-electron chi connectivity index (χ2n) is 4.29. The van der Waals surface area contributed by atoms with Gasteiger partial charge in [-0.3, -0.25) is 4.98 Å². The van der Waals surface area contributed by atoms with Crippen LogP contribution in [0.4, 0.5) is 0 Å². The van der Waals surface area contributed by atoms with Crippen LogP contribution in [-0.4, -0.2) is 19.1 Å². The Kier molecular flexibility index (Phi) is 3.95. The lowest BCUT2D eigenvalue weighted by Crippen LogP contribution is -2.05. The number of ether oxygens (including phenoxy) is 1. The largest absolute Gasteiger partial charge is 0.495 e. The summed E-state index contributed by atoms with van der Waals surface area (Å²) >= 11 is 0. The number of nitrogens with one attached hydrogen (secondary N) is 1. The quantitative estimate of drug-likeness (QED) is 0.895. The Balaban J connectivity index is 2.44. The molecule has 2 aromatic rings. The zero-order valence-corrected chi connectivity index (χ0v) is 11.0. The standard InChI is InChI=1S/C15H18N2O/c1-11-4-5-12(8-16-2)6-15(11)13-7-14(18-3)10-17-9-13/h4-7,9-10,16H,8H2,1-3H3. The van der Waals surface area contributed by atoms with Gasteiger partial charge < -0.3 is 10.1 Å². The summed E-state index contributed by atoms with van der Waals surface area (Å²) in [7, 11) is 3.61. The van der Waals surface area contributed by atoms with Gasteiger partial charge in [0.1, 0.15) is 5.75 Å². The smallest absolute Gasteiger partial charge is 0.137 e. The van der Waals surface area contributed by atoms with Crippen LogP contribution in [0.2, 0.25) is 0 Å². The lowest BCUT2D eigenvalue weighted by molar-refractivity contribution is 0.413. The number of aryl methyl sites for hydroxylation is 1. The topological polar surface area (TPSA) is 34.2 Å². The highest BCUT2D eigenvalue weighted by Gasteiger charge is 2.05. The third-order valence-corrected chi connectivity index (χ3v) is 2.94. The highest BCUT2D eigenvalue weighted by molar-refractivity contribution is 5.68. The van der Waals surface area contributed by atoms with Crippen LogP contribution < -0.4 is 10.1 Å². The average Bonchev–Trinajstić information content (AvgIpc) is 2.41. The molecule has 0 amide bonds. The van der Waals surface area contributed by atoms with E-state index in [0.717, 1.165) is 17.9 Å². The van der Waals surface area contributed by atoms with Crippen LogP contribution in [0.25, 0.3) is 11.1 Å². The molecule has 0 radical (unpaired) electrons. The van der Waals surface area contributed by atoms with Gasteiger partial charge >= 0.3 is 0 Å². The van der Waals surface area contributed by atoms with Crippen molar-refractivity contribution >= 4 is 0 Å². The number of benzene rings is 1. The minimum atomic E-state index is 0.783. The second-order valence-corrected chi connectivity index (χ2v) is 4.29. The van der Waals surface area contributed by atoms with Crippen LogP contribution in [0, 0.1) is 6.92 Å². The molecule has 0 atom stereocenters. The summed E-state index contributed by atoms with van der Waals surface area (Å²) in [5, 5.41) is 3.16. The molecule has 1 aromatic carbocycles. The Bertz CT molecular complexity index is 538. The molecule has 0 spiro atoms. The number of hydrogen-bond acceptors (Lipinski definition) is 3. The predicted octanol–water partition coefficient (Wildman–Crippen LogP) is 2.79. The molecule has 0 aliphatic heterocycles. The van der Waals surface area contributed by atoms with Crippen molar-refractivity contribution in [3.8, 4) is 16.9 Å². The minimum absolute atomic E-state index is 0.783. The third-order valence-electron chi connectivity index (χ3n) is 2.94. The van der Waals surface area contributed by atoms with Gasteiger partial charge in [-0.2, -0.15) is 0 Å². The molecule has 94 valence electrons. The molecule has 0 aliphatic carbocycles. The maximum absolute atomic E-state index is 5.22. The highest BCUT2D eigenvalue weighted by Crippen LogP contribution is 2.26. The molecule has 1 N–H and O–H groups in total. The first-order valence-corrected chi connectivity index (χ1v) is 5.98. The van der Waals surface area contributed by atoms with Gasteiger partial charge in [0, 0.05) is 18.3 Å². The molecule has 0 aliphatic rings. The molecular formula is C15H18N2O. The van der Waals surface area contributed by atoms with Crippen LogP contribution in [0.5, 0.6) is 5.75 Å². The second kappa shape index (κ2) is 5.65. The van der Waals surface area contributed by atoms with Crippen LogP contribution in [0.3, 0.4) is 0 Å². The van der Waals surface area contributed by atoms with E-state index in [4.69, 9.17) is 4.74 Å². The van der Waals surface area contributed by atoms with Crippen molar-refractivity contribution < 1.29 is 4.74 Å². The maximum atomic E-state index is 5.22. The van der Waals surface area contributed by atoms with Gasteiger partial charge in [-0.15, -0.1) is 0 Å². The summed E-state index contributed by atoms with van der Waals surface area (Å²) in [6.45, 7) is 2.97. The van der Waals surface area contributed by atoms with Crippen molar-refractivity contribution in [1.82, 2.24) is 10.3 Å². The van der Waals surface area contributed by atoms with Crippen molar-refractivity contribution in [2.45, 2.75) is 13.5 Å². The van der Waals surface area contributed by atoms with E-state index in [1.165, 1.54) is 16.7 Å². The molecule has 3 heteroatoms. The van der Waals surface area contributed by atoms with E-state index in [1.807, 2.05) is 19.3 Å². The van der Waals surface area contributed by atoms with Crippen LogP contribution in [-0.2, 0) is 6.54 Å².